The maximum absolute atomic E-state index is 11.9. The van der Waals surface area contributed by atoms with E-state index in [9.17, 15) is 18.3 Å². The quantitative estimate of drug-likeness (QED) is 0.749. The van der Waals surface area contributed by atoms with Gasteiger partial charge in [0.05, 0.1) is 0 Å². The van der Waals surface area contributed by atoms with E-state index in [1.807, 2.05) is 12.1 Å². The predicted molar refractivity (Wildman–Crippen MR) is 114 cm³/mol. The minimum Gasteiger partial charge on any atom is -0.480 e. The molecule has 0 amide bonds. The first kappa shape index (κ1) is 21.2. The molecule has 0 saturated heterocycles. The third-order valence-electron chi connectivity index (χ3n) is 5.74. The fourth-order valence-electron chi connectivity index (χ4n) is 3.42. The molecular weight excluding hydrogens is 388 g/mol. The Morgan fingerprint density at radius 3 is 2.21 bits per heavy atom. The van der Waals surface area contributed by atoms with Gasteiger partial charge in [-0.15, -0.1) is 0 Å². The molecule has 1 aliphatic rings. The zero-order chi connectivity index (χ0) is 21.1. The van der Waals surface area contributed by atoms with Crippen molar-refractivity contribution in [1.82, 2.24) is 9.88 Å². The lowest BCUT2D eigenvalue weighted by Gasteiger charge is -2.30. The molecule has 3 rings (SSSR count). The highest BCUT2D eigenvalue weighted by atomic mass is 32.2. The predicted octanol–water partition coefficient (Wildman–Crippen LogP) is 3.12. The fourth-order valence-corrected chi connectivity index (χ4v) is 4.20. The van der Waals surface area contributed by atoms with Crippen LogP contribution in [0, 0.1) is 0 Å². The molecule has 1 unspecified atom stereocenters. The first-order valence-corrected chi connectivity index (χ1v) is 11.4. The smallest absolute Gasteiger partial charge is 0.324 e. The van der Waals surface area contributed by atoms with Crippen molar-refractivity contribution in [2.75, 3.05) is 25.9 Å². The van der Waals surface area contributed by atoms with E-state index in [1.165, 1.54) is 18.1 Å². The number of hydrogen-bond acceptors (Lipinski definition) is 5. The van der Waals surface area contributed by atoms with Gasteiger partial charge in [-0.05, 0) is 54.2 Å². The molecule has 29 heavy (non-hydrogen) atoms. The van der Waals surface area contributed by atoms with Crippen LogP contribution in [0.25, 0.3) is 16.7 Å². The van der Waals surface area contributed by atoms with Crippen LogP contribution in [-0.2, 0) is 14.6 Å². The van der Waals surface area contributed by atoms with E-state index in [0.29, 0.717) is 13.1 Å². The minimum absolute atomic E-state index is 0.0744. The molecule has 1 aromatic heterocycles. The monoisotopic (exact) mass is 414 g/mol. The number of nitrogens with zero attached hydrogens (tertiary/aromatic N) is 2. The van der Waals surface area contributed by atoms with Crippen LogP contribution in [0.15, 0.2) is 54.9 Å². The van der Waals surface area contributed by atoms with E-state index in [0.717, 1.165) is 30.3 Å². The minimum atomic E-state index is -3.69. The largest absolute Gasteiger partial charge is 0.480 e. The Labute approximate surface area is 171 Å². The van der Waals surface area contributed by atoms with Crippen molar-refractivity contribution < 1.29 is 18.3 Å². The van der Waals surface area contributed by atoms with Crippen molar-refractivity contribution in [3.63, 3.8) is 0 Å². The second kappa shape index (κ2) is 8.47. The van der Waals surface area contributed by atoms with Gasteiger partial charge in [0.25, 0.3) is 0 Å². The van der Waals surface area contributed by atoms with Gasteiger partial charge in [-0.1, -0.05) is 30.3 Å². The second-order valence-electron chi connectivity index (χ2n) is 7.65. The van der Waals surface area contributed by atoms with Gasteiger partial charge in [0.2, 0.25) is 0 Å². The van der Waals surface area contributed by atoms with E-state index in [1.54, 1.807) is 12.4 Å². The molecule has 0 fully saturated rings. The summed E-state index contributed by atoms with van der Waals surface area (Å²) < 4.78 is 22.1. The lowest BCUT2D eigenvalue weighted by atomic mass is 9.96. The Morgan fingerprint density at radius 2 is 1.69 bits per heavy atom. The number of carboxylic acid groups (broad SMARTS) is 1. The fraction of sp³-hybridized carbons (Fsp3) is 0.364. The van der Waals surface area contributed by atoms with Crippen LogP contribution < -0.4 is 0 Å². The van der Waals surface area contributed by atoms with Crippen molar-refractivity contribution in [2.45, 2.75) is 24.5 Å². The summed E-state index contributed by atoms with van der Waals surface area (Å²) in [5, 5.41) is 9.38. The lowest BCUT2D eigenvalue weighted by molar-refractivity contribution is -0.139. The summed E-state index contributed by atoms with van der Waals surface area (Å²) in [6, 6.07) is 12.4. The molecular formula is C22H26N2O4S. The number of carboxylic acids is 1. The van der Waals surface area contributed by atoms with Crippen molar-refractivity contribution in [3.8, 4) is 11.1 Å². The Morgan fingerprint density at radius 1 is 1.10 bits per heavy atom. The Bertz CT molecular complexity index is 1000. The first-order chi connectivity index (χ1) is 13.7. The third kappa shape index (κ3) is 4.74. The zero-order valence-electron chi connectivity index (χ0n) is 16.7. The maximum Gasteiger partial charge on any atom is 0.324 e. The van der Waals surface area contributed by atoms with Gasteiger partial charge in [-0.25, -0.2) is 8.42 Å². The molecule has 1 atom stereocenters. The summed E-state index contributed by atoms with van der Waals surface area (Å²) >= 11 is 0. The van der Waals surface area contributed by atoms with Crippen molar-refractivity contribution >= 4 is 21.4 Å². The van der Waals surface area contributed by atoms with Gasteiger partial charge in [-0.3, -0.25) is 14.7 Å². The molecule has 1 aliphatic heterocycles. The summed E-state index contributed by atoms with van der Waals surface area (Å²) in [7, 11) is -3.69. The van der Waals surface area contributed by atoms with Crippen molar-refractivity contribution in [3.05, 3.63) is 60.4 Å². The number of rotatable bonds is 7. The van der Waals surface area contributed by atoms with E-state index < -0.39 is 20.6 Å². The summed E-state index contributed by atoms with van der Waals surface area (Å²) in [6.45, 7) is 3.18. The van der Waals surface area contributed by atoms with Crippen LogP contribution in [0.1, 0.15) is 25.3 Å². The number of sulfone groups is 1. The van der Waals surface area contributed by atoms with Crippen LogP contribution in [0.2, 0.25) is 0 Å². The molecule has 1 aromatic carbocycles. The number of benzene rings is 1. The molecule has 0 bridgehead atoms. The number of aliphatic carboxylic acids is 1. The van der Waals surface area contributed by atoms with E-state index in [4.69, 9.17) is 0 Å². The highest BCUT2D eigenvalue weighted by Gasteiger charge is 2.43. The van der Waals surface area contributed by atoms with Crippen molar-refractivity contribution in [2.24, 2.45) is 0 Å². The van der Waals surface area contributed by atoms with Crippen LogP contribution in [0.5, 0.6) is 0 Å². The Kier molecular flexibility index (Phi) is 6.19. The molecule has 0 aliphatic carbocycles. The van der Waals surface area contributed by atoms with Gasteiger partial charge >= 0.3 is 5.97 Å². The van der Waals surface area contributed by atoms with Gasteiger partial charge < -0.3 is 5.11 Å². The Hall–Kier alpha value is -2.51. The van der Waals surface area contributed by atoms with Gasteiger partial charge in [0.15, 0.2) is 14.6 Å². The van der Waals surface area contributed by atoms with Gasteiger partial charge in [0, 0.05) is 38.3 Å². The summed E-state index contributed by atoms with van der Waals surface area (Å²) in [5.74, 6) is -1.29. The molecule has 1 N–H and O–H groups in total. The number of aromatic nitrogens is 1. The summed E-state index contributed by atoms with van der Waals surface area (Å²) in [6.07, 6.45) is 7.61. The lowest BCUT2D eigenvalue weighted by Crippen LogP contribution is -2.46. The van der Waals surface area contributed by atoms with Crippen LogP contribution in [0.4, 0.5) is 0 Å². The first-order valence-electron chi connectivity index (χ1n) is 9.56. The average Bonchev–Trinajstić information content (AvgIpc) is 2.72. The van der Waals surface area contributed by atoms with Crippen LogP contribution in [-0.4, -0.2) is 60.0 Å². The topological polar surface area (TPSA) is 87.6 Å². The van der Waals surface area contributed by atoms with Crippen molar-refractivity contribution in [1.29, 1.82) is 0 Å². The summed E-state index contributed by atoms with van der Waals surface area (Å²) in [4.78, 5) is 17.6. The SMILES string of the molecule is CC(CCN1CC=C(c2ccc(-c3ccncc3)cc2)CC1)(C(=O)O)S(C)(=O)=O. The van der Waals surface area contributed by atoms with Crippen LogP contribution >= 0.6 is 0 Å². The van der Waals surface area contributed by atoms with Gasteiger partial charge in [-0.2, -0.15) is 0 Å². The Balaban J connectivity index is 1.63. The van der Waals surface area contributed by atoms with E-state index >= 15 is 0 Å². The molecule has 0 radical (unpaired) electrons. The maximum atomic E-state index is 11.9. The molecule has 154 valence electrons. The standard InChI is InChI=1S/C22H26N2O4S/c1-22(21(25)26,29(2,27)28)11-16-24-14-9-20(10-15-24)18-5-3-17(4-6-18)19-7-12-23-13-8-19/h3-9,12-13H,10-11,14-16H2,1-2H3,(H,25,26). The number of pyridine rings is 1. The zero-order valence-corrected chi connectivity index (χ0v) is 17.5. The number of carbonyl (C=O) groups is 1. The highest BCUT2D eigenvalue weighted by molar-refractivity contribution is 7.92. The molecule has 6 nitrogen and oxygen atoms in total. The van der Waals surface area contributed by atoms with Crippen LogP contribution in [0.3, 0.4) is 0 Å². The second-order valence-corrected chi connectivity index (χ2v) is 10.1. The molecule has 0 saturated carbocycles. The van der Waals surface area contributed by atoms with E-state index in [2.05, 4.69) is 40.2 Å². The average molecular weight is 415 g/mol. The third-order valence-corrected chi connectivity index (χ3v) is 7.75. The van der Waals surface area contributed by atoms with Gasteiger partial charge in [0.1, 0.15) is 0 Å². The number of hydrogen-bond donors (Lipinski definition) is 1. The van der Waals surface area contributed by atoms with E-state index in [-0.39, 0.29) is 6.42 Å². The molecule has 0 spiro atoms. The normalized spacial score (nSPS) is 17.4. The molecule has 7 heteroatoms. The highest BCUT2D eigenvalue weighted by Crippen LogP contribution is 2.27. The molecule has 2 aromatic rings. The molecule has 2 heterocycles. The summed E-state index contributed by atoms with van der Waals surface area (Å²) in [5.41, 5.74) is 4.70.